The molecule has 3 N–H and O–H groups in total. The van der Waals surface area contributed by atoms with Crippen LogP contribution in [0.1, 0.15) is 25.7 Å². The van der Waals surface area contributed by atoms with Crippen molar-refractivity contribution >= 4 is 11.6 Å². The van der Waals surface area contributed by atoms with Crippen LogP contribution in [0.15, 0.2) is 35.3 Å². The molecule has 1 aliphatic heterocycles. The van der Waals surface area contributed by atoms with Gasteiger partial charge in [-0.05, 0) is 43.2 Å². The first-order chi connectivity index (χ1) is 10.3. The molecule has 2 fully saturated rings. The molecule has 114 valence electrons. The van der Waals surface area contributed by atoms with E-state index in [0.29, 0.717) is 11.9 Å². The Labute approximate surface area is 127 Å². The number of nitrogens with one attached hydrogen (secondary N) is 1. The zero-order valence-electron chi connectivity index (χ0n) is 12.7. The number of nitrogens with two attached hydrogens (primary N) is 1. The van der Waals surface area contributed by atoms with E-state index in [0.717, 1.165) is 32.1 Å². The zero-order valence-corrected chi connectivity index (χ0v) is 12.7. The lowest BCUT2D eigenvalue weighted by molar-refractivity contribution is 0.315. The second kappa shape index (κ2) is 6.83. The van der Waals surface area contributed by atoms with Crippen molar-refractivity contribution < 1.29 is 0 Å². The lowest BCUT2D eigenvalue weighted by Crippen LogP contribution is -2.37. The van der Waals surface area contributed by atoms with E-state index in [1.165, 1.54) is 31.4 Å². The van der Waals surface area contributed by atoms with E-state index in [1.807, 2.05) is 0 Å². The fourth-order valence-electron chi connectivity index (χ4n) is 3.08. The van der Waals surface area contributed by atoms with Gasteiger partial charge in [0.05, 0.1) is 0 Å². The van der Waals surface area contributed by atoms with Crippen molar-refractivity contribution in [2.24, 2.45) is 22.6 Å². The van der Waals surface area contributed by atoms with Gasteiger partial charge in [0.25, 0.3) is 0 Å². The SMILES string of the molecule is NC(=NCC1CCN(c2ccccc2)C1)NCC1CCC1. The smallest absolute Gasteiger partial charge is 0.188 e. The molecule has 1 aromatic rings. The number of hydrogen-bond donors (Lipinski definition) is 2. The molecule has 21 heavy (non-hydrogen) atoms. The predicted molar refractivity (Wildman–Crippen MR) is 88.6 cm³/mol. The molecule has 3 rings (SSSR count). The maximum Gasteiger partial charge on any atom is 0.188 e. The highest BCUT2D eigenvalue weighted by Crippen LogP contribution is 2.25. The fourth-order valence-corrected chi connectivity index (χ4v) is 3.08. The molecule has 1 aromatic carbocycles. The molecule has 0 aromatic heterocycles. The molecular weight excluding hydrogens is 260 g/mol. The Morgan fingerprint density at radius 1 is 1.19 bits per heavy atom. The molecule has 1 aliphatic carbocycles. The van der Waals surface area contributed by atoms with Crippen molar-refractivity contribution in [1.29, 1.82) is 0 Å². The summed E-state index contributed by atoms with van der Waals surface area (Å²) < 4.78 is 0. The first kappa shape index (κ1) is 14.2. The second-order valence-electron chi connectivity index (χ2n) is 6.34. The van der Waals surface area contributed by atoms with Crippen molar-refractivity contribution in [3.05, 3.63) is 30.3 Å². The molecular formula is C17H26N4. The Hall–Kier alpha value is -1.71. The van der Waals surface area contributed by atoms with E-state index in [9.17, 15) is 0 Å². The van der Waals surface area contributed by atoms with Crippen LogP contribution in [0, 0.1) is 11.8 Å². The Kier molecular flexibility index (Phi) is 4.63. The van der Waals surface area contributed by atoms with Crippen LogP contribution in [0.3, 0.4) is 0 Å². The lowest BCUT2D eigenvalue weighted by atomic mass is 9.85. The Morgan fingerprint density at radius 3 is 2.71 bits per heavy atom. The highest BCUT2D eigenvalue weighted by atomic mass is 15.2. The minimum Gasteiger partial charge on any atom is -0.371 e. The number of aliphatic imine (C=N–C) groups is 1. The monoisotopic (exact) mass is 286 g/mol. The molecule has 0 bridgehead atoms. The van der Waals surface area contributed by atoms with E-state index in [-0.39, 0.29) is 0 Å². The number of nitrogens with zero attached hydrogens (tertiary/aromatic N) is 2. The van der Waals surface area contributed by atoms with Crippen molar-refractivity contribution in [3.8, 4) is 0 Å². The van der Waals surface area contributed by atoms with Crippen molar-refractivity contribution in [3.63, 3.8) is 0 Å². The third-order valence-electron chi connectivity index (χ3n) is 4.72. The van der Waals surface area contributed by atoms with E-state index in [1.54, 1.807) is 0 Å². The molecule has 0 spiro atoms. The number of anilines is 1. The summed E-state index contributed by atoms with van der Waals surface area (Å²) in [5.74, 6) is 2.06. The number of rotatable bonds is 5. The number of para-hydroxylation sites is 1. The predicted octanol–water partition coefficient (Wildman–Crippen LogP) is 2.22. The zero-order chi connectivity index (χ0) is 14.5. The van der Waals surface area contributed by atoms with Gasteiger partial charge in [-0.25, -0.2) is 0 Å². The number of guanidine groups is 1. The highest BCUT2D eigenvalue weighted by molar-refractivity contribution is 5.77. The molecule has 4 heteroatoms. The van der Waals surface area contributed by atoms with Gasteiger partial charge in [0.15, 0.2) is 5.96 Å². The Bertz CT molecular complexity index is 467. The molecule has 4 nitrogen and oxygen atoms in total. The van der Waals surface area contributed by atoms with Gasteiger partial charge in [-0.2, -0.15) is 0 Å². The largest absolute Gasteiger partial charge is 0.371 e. The topological polar surface area (TPSA) is 53.6 Å². The van der Waals surface area contributed by atoms with Gasteiger partial charge in [-0.1, -0.05) is 24.6 Å². The quantitative estimate of drug-likeness (QED) is 0.644. The molecule has 0 radical (unpaired) electrons. The van der Waals surface area contributed by atoms with Crippen molar-refractivity contribution in [2.75, 3.05) is 31.1 Å². The van der Waals surface area contributed by atoms with E-state index in [2.05, 4.69) is 45.5 Å². The molecule has 1 saturated carbocycles. The van der Waals surface area contributed by atoms with E-state index < -0.39 is 0 Å². The summed E-state index contributed by atoms with van der Waals surface area (Å²) in [5.41, 5.74) is 7.27. The maximum absolute atomic E-state index is 5.95. The van der Waals surface area contributed by atoms with Gasteiger partial charge in [0, 0.05) is 31.9 Å². The van der Waals surface area contributed by atoms with Crippen LogP contribution in [0.5, 0.6) is 0 Å². The van der Waals surface area contributed by atoms with Crippen molar-refractivity contribution in [2.45, 2.75) is 25.7 Å². The van der Waals surface area contributed by atoms with E-state index >= 15 is 0 Å². The van der Waals surface area contributed by atoms with Gasteiger partial charge < -0.3 is 16.0 Å². The van der Waals surface area contributed by atoms with Gasteiger partial charge >= 0.3 is 0 Å². The molecule has 2 aliphatic rings. The molecule has 1 saturated heterocycles. The third-order valence-corrected chi connectivity index (χ3v) is 4.72. The van der Waals surface area contributed by atoms with Crippen LogP contribution in [-0.2, 0) is 0 Å². The van der Waals surface area contributed by atoms with Gasteiger partial charge in [-0.15, -0.1) is 0 Å². The third kappa shape index (κ3) is 3.90. The normalized spacial score (nSPS) is 23.1. The van der Waals surface area contributed by atoms with Crippen LogP contribution in [0.25, 0.3) is 0 Å². The average molecular weight is 286 g/mol. The summed E-state index contributed by atoms with van der Waals surface area (Å²) in [6.07, 6.45) is 5.26. The molecule has 1 atom stereocenters. The van der Waals surface area contributed by atoms with Gasteiger partial charge in [0.2, 0.25) is 0 Å². The first-order valence-corrected chi connectivity index (χ1v) is 8.15. The van der Waals surface area contributed by atoms with Gasteiger partial charge in [0.1, 0.15) is 0 Å². The fraction of sp³-hybridized carbons (Fsp3) is 0.588. The summed E-state index contributed by atoms with van der Waals surface area (Å²) in [4.78, 5) is 6.96. The van der Waals surface area contributed by atoms with Crippen molar-refractivity contribution in [1.82, 2.24) is 5.32 Å². The highest BCUT2D eigenvalue weighted by Gasteiger charge is 2.22. The summed E-state index contributed by atoms with van der Waals surface area (Å²) in [5, 5.41) is 3.27. The molecule has 1 unspecified atom stereocenters. The summed E-state index contributed by atoms with van der Waals surface area (Å²) >= 11 is 0. The first-order valence-electron chi connectivity index (χ1n) is 8.15. The Morgan fingerprint density at radius 2 is 2.00 bits per heavy atom. The van der Waals surface area contributed by atoms with Crippen LogP contribution in [0.2, 0.25) is 0 Å². The lowest BCUT2D eigenvalue weighted by Gasteiger charge is -2.25. The minimum absolute atomic E-state index is 0.620. The standard InChI is InChI=1S/C17H26N4/c18-17(19-11-14-5-4-6-14)20-12-15-9-10-21(13-15)16-7-2-1-3-8-16/h1-3,7-8,14-15H,4-6,9-13H2,(H3,18,19,20). The molecule has 1 heterocycles. The van der Waals surface area contributed by atoms with Crippen LogP contribution >= 0.6 is 0 Å². The van der Waals surface area contributed by atoms with Crippen LogP contribution in [-0.4, -0.2) is 32.1 Å². The number of benzene rings is 1. The second-order valence-corrected chi connectivity index (χ2v) is 6.34. The van der Waals surface area contributed by atoms with Crippen LogP contribution < -0.4 is 16.0 Å². The van der Waals surface area contributed by atoms with E-state index in [4.69, 9.17) is 5.73 Å². The van der Waals surface area contributed by atoms with Crippen LogP contribution in [0.4, 0.5) is 5.69 Å². The molecule has 0 amide bonds. The minimum atomic E-state index is 0.620. The Balaban J connectivity index is 1.41. The summed E-state index contributed by atoms with van der Waals surface area (Å²) in [6.45, 7) is 4.05. The summed E-state index contributed by atoms with van der Waals surface area (Å²) in [6, 6.07) is 10.6. The number of hydrogen-bond acceptors (Lipinski definition) is 2. The average Bonchev–Trinajstić information content (AvgIpc) is 2.93. The van der Waals surface area contributed by atoms with Gasteiger partial charge in [-0.3, -0.25) is 4.99 Å². The maximum atomic E-state index is 5.95. The summed E-state index contributed by atoms with van der Waals surface area (Å²) in [7, 11) is 0.